The van der Waals surface area contributed by atoms with Gasteiger partial charge in [0.1, 0.15) is 0 Å². The Morgan fingerprint density at radius 2 is 2.08 bits per heavy atom. The van der Waals surface area contributed by atoms with Crippen molar-refractivity contribution in [2.45, 2.75) is 25.2 Å². The summed E-state index contributed by atoms with van der Waals surface area (Å²) in [6.07, 6.45) is 0.478. The molecule has 1 N–H and O–H groups in total. The molecule has 3 nitrogen and oxygen atoms in total. The number of nitrogens with one attached hydrogen (secondary N) is 1. The predicted molar refractivity (Wildman–Crippen MR) is 105 cm³/mol. The van der Waals surface area contributed by atoms with Gasteiger partial charge in [0.25, 0.3) is 0 Å². The third-order valence-corrected chi connectivity index (χ3v) is 6.25. The highest BCUT2D eigenvalue weighted by molar-refractivity contribution is 7.99. The maximum Gasteiger partial charge on any atom is 0.226 e. The average Bonchev–Trinajstić information content (AvgIpc) is 3.22. The lowest BCUT2D eigenvalue weighted by Gasteiger charge is -2.05. The van der Waals surface area contributed by atoms with Crippen molar-refractivity contribution in [3.05, 3.63) is 52.2 Å². The first-order chi connectivity index (χ1) is 11.6. The molecule has 0 aliphatic carbocycles. The minimum atomic E-state index is 0.0124. The van der Waals surface area contributed by atoms with Crippen LogP contribution in [-0.2, 0) is 4.79 Å². The number of thioether (sulfide) groups is 1. The summed E-state index contributed by atoms with van der Waals surface area (Å²) in [5.74, 6) is 0.774. The minimum Gasteiger partial charge on any atom is -0.302 e. The van der Waals surface area contributed by atoms with E-state index in [0.717, 1.165) is 16.3 Å². The number of amides is 1. The van der Waals surface area contributed by atoms with Gasteiger partial charge in [0.15, 0.2) is 5.13 Å². The molecule has 3 aromatic rings. The molecule has 0 saturated heterocycles. The van der Waals surface area contributed by atoms with E-state index in [2.05, 4.69) is 42.3 Å². The zero-order valence-electron chi connectivity index (χ0n) is 13.5. The lowest BCUT2D eigenvalue weighted by Crippen LogP contribution is -2.11. The van der Waals surface area contributed by atoms with Crippen molar-refractivity contribution >= 4 is 45.5 Å². The third-order valence-electron chi connectivity index (χ3n) is 3.60. The summed E-state index contributed by atoms with van der Waals surface area (Å²) < 4.78 is 0. The van der Waals surface area contributed by atoms with Crippen LogP contribution in [0.3, 0.4) is 0 Å². The minimum absolute atomic E-state index is 0.0124. The number of rotatable bonds is 6. The highest BCUT2D eigenvalue weighted by Crippen LogP contribution is 2.28. The molecule has 0 spiro atoms. The fraction of sp³-hybridized carbons (Fsp3) is 0.222. The van der Waals surface area contributed by atoms with Gasteiger partial charge in [0, 0.05) is 22.4 Å². The normalized spacial score (nSPS) is 10.8. The molecule has 124 valence electrons. The van der Waals surface area contributed by atoms with Crippen molar-refractivity contribution in [1.82, 2.24) is 4.98 Å². The first-order valence-corrected chi connectivity index (χ1v) is 10.4. The number of thiazole rings is 1. The fourth-order valence-corrected chi connectivity index (χ4v) is 4.55. The van der Waals surface area contributed by atoms with Crippen LogP contribution < -0.4 is 5.32 Å². The molecular weight excluding hydrogens is 356 g/mol. The molecule has 24 heavy (non-hydrogen) atoms. The Hall–Kier alpha value is -1.63. The third kappa shape index (κ3) is 4.47. The van der Waals surface area contributed by atoms with Gasteiger partial charge in [-0.3, -0.25) is 4.79 Å². The first-order valence-electron chi connectivity index (χ1n) is 7.61. The van der Waals surface area contributed by atoms with Crippen molar-refractivity contribution in [3.63, 3.8) is 0 Å². The number of carbonyl (C=O) groups excluding carboxylic acids is 1. The molecule has 0 aliphatic rings. The van der Waals surface area contributed by atoms with Crippen LogP contribution in [0.25, 0.3) is 10.6 Å². The Labute approximate surface area is 154 Å². The standard InChI is InChI=1S/C18H18N2OS3/c1-12-5-6-14(10-13(12)2)22-9-7-17(21)20-18-19-15(11-24-18)16-4-3-8-23-16/h3-6,8,10-11H,7,9H2,1-2H3,(H,19,20,21). The summed E-state index contributed by atoms with van der Waals surface area (Å²) in [6, 6.07) is 10.4. The van der Waals surface area contributed by atoms with E-state index in [-0.39, 0.29) is 5.91 Å². The van der Waals surface area contributed by atoms with Gasteiger partial charge >= 0.3 is 0 Å². The molecule has 0 fully saturated rings. The zero-order chi connectivity index (χ0) is 16.9. The topological polar surface area (TPSA) is 42.0 Å². The van der Waals surface area contributed by atoms with E-state index in [1.165, 1.54) is 27.4 Å². The van der Waals surface area contributed by atoms with Crippen molar-refractivity contribution < 1.29 is 4.79 Å². The van der Waals surface area contributed by atoms with Gasteiger partial charge in [0.05, 0.1) is 10.6 Å². The molecule has 0 radical (unpaired) electrons. The number of aryl methyl sites for hydroxylation is 2. The van der Waals surface area contributed by atoms with Crippen molar-refractivity contribution in [1.29, 1.82) is 0 Å². The molecule has 0 unspecified atom stereocenters. The van der Waals surface area contributed by atoms with Crippen molar-refractivity contribution in [3.8, 4) is 10.6 Å². The molecule has 3 rings (SSSR count). The summed E-state index contributed by atoms with van der Waals surface area (Å²) in [6.45, 7) is 4.22. The molecule has 2 heterocycles. The SMILES string of the molecule is Cc1ccc(SCCC(=O)Nc2nc(-c3cccs3)cs2)cc1C. The second-order valence-corrected chi connectivity index (χ2v) is 8.38. The molecule has 0 saturated carbocycles. The number of nitrogens with zero attached hydrogens (tertiary/aromatic N) is 1. The number of carbonyl (C=O) groups is 1. The monoisotopic (exact) mass is 374 g/mol. The van der Waals surface area contributed by atoms with Crippen LogP contribution in [-0.4, -0.2) is 16.6 Å². The van der Waals surface area contributed by atoms with Gasteiger partial charge in [-0.05, 0) is 48.6 Å². The van der Waals surface area contributed by atoms with E-state index in [4.69, 9.17) is 0 Å². The Morgan fingerprint density at radius 1 is 1.21 bits per heavy atom. The summed E-state index contributed by atoms with van der Waals surface area (Å²) >= 11 is 4.83. The highest BCUT2D eigenvalue weighted by Gasteiger charge is 2.09. The molecule has 1 aromatic carbocycles. The van der Waals surface area contributed by atoms with Gasteiger partial charge in [-0.1, -0.05) is 12.1 Å². The van der Waals surface area contributed by atoms with Crippen LogP contribution in [0.15, 0.2) is 46.0 Å². The second-order valence-electron chi connectivity index (χ2n) is 5.41. The largest absolute Gasteiger partial charge is 0.302 e. The van der Waals surface area contributed by atoms with Crippen LogP contribution >= 0.6 is 34.4 Å². The lowest BCUT2D eigenvalue weighted by atomic mass is 10.1. The molecule has 6 heteroatoms. The van der Waals surface area contributed by atoms with Gasteiger partial charge in [-0.25, -0.2) is 4.98 Å². The summed E-state index contributed by atoms with van der Waals surface area (Å²) in [7, 11) is 0. The smallest absolute Gasteiger partial charge is 0.226 e. The van der Waals surface area contributed by atoms with E-state index in [9.17, 15) is 4.79 Å². The van der Waals surface area contributed by atoms with E-state index in [0.29, 0.717) is 11.6 Å². The van der Waals surface area contributed by atoms with Gasteiger partial charge in [0.2, 0.25) is 5.91 Å². The van der Waals surface area contributed by atoms with E-state index < -0.39 is 0 Å². The zero-order valence-corrected chi connectivity index (χ0v) is 16.0. The van der Waals surface area contributed by atoms with Crippen molar-refractivity contribution in [2.75, 3.05) is 11.1 Å². The Morgan fingerprint density at radius 3 is 2.83 bits per heavy atom. The molecule has 2 aromatic heterocycles. The van der Waals surface area contributed by atoms with Gasteiger partial charge in [-0.2, -0.15) is 0 Å². The number of hydrogen-bond donors (Lipinski definition) is 1. The number of hydrogen-bond acceptors (Lipinski definition) is 5. The Bertz CT molecular complexity index is 825. The van der Waals surface area contributed by atoms with Crippen LogP contribution in [0.2, 0.25) is 0 Å². The quantitative estimate of drug-likeness (QED) is 0.570. The van der Waals surface area contributed by atoms with Gasteiger partial charge < -0.3 is 5.32 Å². The van der Waals surface area contributed by atoms with Crippen LogP contribution in [0.4, 0.5) is 5.13 Å². The summed E-state index contributed by atoms with van der Waals surface area (Å²) in [4.78, 5) is 18.9. The maximum atomic E-state index is 12.1. The number of anilines is 1. The summed E-state index contributed by atoms with van der Waals surface area (Å²) in [5.41, 5.74) is 3.51. The second kappa shape index (κ2) is 7.96. The van der Waals surface area contributed by atoms with E-state index in [1.807, 2.05) is 22.9 Å². The molecule has 1 amide bonds. The van der Waals surface area contributed by atoms with Crippen molar-refractivity contribution in [2.24, 2.45) is 0 Å². The summed E-state index contributed by atoms with van der Waals surface area (Å²) in [5, 5.41) is 7.56. The highest BCUT2D eigenvalue weighted by atomic mass is 32.2. The number of thiophene rings is 1. The fourth-order valence-electron chi connectivity index (χ4n) is 2.12. The molecular formula is C18H18N2OS3. The predicted octanol–water partition coefficient (Wildman–Crippen LogP) is 5.61. The first kappa shape index (κ1) is 17.2. The molecule has 0 atom stereocenters. The van der Waals surface area contributed by atoms with E-state index in [1.54, 1.807) is 23.1 Å². The van der Waals surface area contributed by atoms with Crippen LogP contribution in [0.1, 0.15) is 17.5 Å². The van der Waals surface area contributed by atoms with E-state index >= 15 is 0 Å². The Balaban J connectivity index is 1.48. The molecule has 0 aliphatic heterocycles. The van der Waals surface area contributed by atoms with Crippen LogP contribution in [0.5, 0.6) is 0 Å². The number of aromatic nitrogens is 1. The Kier molecular flexibility index (Phi) is 5.71. The average molecular weight is 375 g/mol. The van der Waals surface area contributed by atoms with Gasteiger partial charge in [-0.15, -0.1) is 34.4 Å². The maximum absolute atomic E-state index is 12.1. The van der Waals surface area contributed by atoms with Crippen LogP contribution in [0, 0.1) is 13.8 Å². The number of benzene rings is 1. The molecule has 0 bridgehead atoms. The lowest BCUT2D eigenvalue weighted by molar-refractivity contribution is -0.115.